The average molecular weight is 469 g/mol. The number of hydrogen-bond donors (Lipinski definition) is 1. The van der Waals surface area contributed by atoms with Gasteiger partial charge in [0.25, 0.3) is 0 Å². The Kier molecular flexibility index (Phi) is 8.11. The van der Waals surface area contributed by atoms with Crippen LogP contribution in [0.25, 0.3) is 0 Å². The number of halogens is 4. The topological polar surface area (TPSA) is 21.3 Å². The van der Waals surface area contributed by atoms with E-state index in [1.807, 2.05) is 30.3 Å². The number of aryl methyl sites for hydroxylation is 1. The highest BCUT2D eigenvalue weighted by Crippen LogP contribution is 2.33. The Morgan fingerprint density at radius 2 is 1.52 bits per heavy atom. The summed E-state index contributed by atoms with van der Waals surface area (Å²) in [6.07, 6.45) is 0.782. The molecule has 6 heteroatoms. The Morgan fingerprint density at radius 3 is 2.24 bits per heavy atom. The molecule has 0 saturated heterocycles. The lowest BCUT2D eigenvalue weighted by molar-refractivity contribution is 0.302. The van der Waals surface area contributed by atoms with Gasteiger partial charge >= 0.3 is 0 Å². The largest absolute Gasteiger partial charge is 0.487 e. The second-order valence-electron chi connectivity index (χ2n) is 6.81. The minimum absolute atomic E-state index is 0.439. The van der Waals surface area contributed by atoms with Crippen LogP contribution in [-0.4, -0.2) is 6.54 Å². The fraction of sp³-hybridized carbons (Fsp3) is 0.217. The number of nitrogens with one attached hydrogen (secondary N) is 1. The molecule has 152 valence electrons. The molecular weight excluding hydrogens is 448 g/mol. The van der Waals surface area contributed by atoms with E-state index in [0.29, 0.717) is 39.0 Å². The van der Waals surface area contributed by atoms with E-state index < -0.39 is 0 Å². The standard InChI is InChI=1S/C23H21Cl4NO/c1-15-2-4-16(5-3-15)14-29-23-18(10-20(25)12-22(23)27)13-28-9-8-17-6-7-19(24)11-21(17)26/h2-7,10-12,28H,8-9,13-14H2,1H3. The summed E-state index contributed by atoms with van der Waals surface area (Å²) in [4.78, 5) is 0. The molecule has 29 heavy (non-hydrogen) atoms. The van der Waals surface area contributed by atoms with E-state index in [2.05, 4.69) is 24.4 Å². The minimum Gasteiger partial charge on any atom is -0.487 e. The van der Waals surface area contributed by atoms with Crippen molar-refractivity contribution in [1.82, 2.24) is 5.32 Å². The van der Waals surface area contributed by atoms with Crippen molar-refractivity contribution in [1.29, 1.82) is 0 Å². The number of ether oxygens (including phenoxy) is 1. The number of rotatable bonds is 8. The summed E-state index contributed by atoms with van der Waals surface area (Å²) in [7, 11) is 0. The normalized spacial score (nSPS) is 10.9. The molecule has 1 N–H and O–H groups in total. The molecule has 0 aliphatic carbocycles. The molecule has 0 fully saturated rings. The van der Waals surface area contributed by atoms with E-state index >= 15 is 0 Å². The fourth-order valence-corrected chi connectivity index (χ4v) is 4.01. The van der Waals surface area contributed by atoms with Crippen LogP contribution in [0, 0.1) is 6.92 Å². The van der Waals surface area contributed by atoms with Crippen molar-refractivity contribution >= 4 is 46.4 Å². The molecule has 0 heterocycles. The Balaban J connectivity index is 1.62. The van der Waals surface area contributed by atoms with Gasteiger partial charge in [0.1, 0.15) is 12.4 Å². The van der Waals surface area contributed by atoms with Gasteiger partial charge in [0.05, 0.1) is 5.02 Å². The molecule has 0 aliphatic heterocycles. The van der Waals surface area contributed by atoms with Crippen molar-refractivity contribution in [2.75, 3.05) is 6.54 Å². The van der Waals surface area contributed by atoms with Gasteiger partial charge in [-0.1, -0.05) is 82.3 Å². The summed E-state index contributed by atoms with van der Waals surface area (Å²) in [5.74, 6) is 0.647. The molecule has 0 atom stereocenters. The third kappa shape index (κ3) is 6.53. The van der Waals surface area contributed by atoms with E-state index in [9.17, 15) is 0 Å². The van der Waals surface area contributed by atoms with Crippen molar-refractivity contribution in [2.24, 2.45) is 0 Å². The second-order valence-corrected chi connectivity index (χ2v) is 8.50. The number of benzene rings is 3. The molecule has 0 amide bonds. The number of hydrogen-bond acceptors (Lipinski definition) is 2. The van der Waals surface area contributed by atoms with Crippen molar-refractivity contribution < 1.29 is 4.74 Å². The molecule has 0 spiro atoms. The molecule has 0 aromatic heterocycles. The molecular formula is C23H21Cl4NO. The molecule has 3 rings (SSSR count). The van der Waals surface area contributed by atoms with Gasteiger partial charge in [-0.05, 0) is 55.3 Å². The molecule has 0 saturated carbocycles. The minimum atomic E-state index is 0.439. The molecule has 2 nitrogen and oxygen atoms in total. The van der Waals surface area contributed by atoms with Crippen molar-refractivity contribution in [3.8, 4) is 5.75 Å². The SMILES string of the molecule is Cc1ccc(COc2c(Cl)cc(Cl)cc2CNCCc2ccc(Cl)cc2Cl)cc1. The van der Waals surface area contributed by atoms with Crippen LogP contribution in [0.1, 0.15) is 22.3 Å². The Labute approximate surface area is 191 Å². The summed E-state index contributed by atoms with van der Waals surface area (Å²) in [5.41, 5.74) is 4.25. The quantitative estimate of drug-likeness (QED) is 0.345. The molecule has 0 unspecified atom stereocenters. The van der Waals surface area contributed by atoms with Gasteiger partial charge in [0.15, 0.2) is 0 Å². The van der Waals surface area contributed by atoms with Crippen LogP contribution in [0.3, 0.4) is 0 Å². The molecule has 0 radical (unpaired) electrons. The third-order valence-corrected chi connectivity index (χ3v) is 5.58. The van der Waals surface area contributed by atoms with E-state index in [-0.39, 0.29) is 0 Å². The predicted octanol–water partition coefficient (Wildman–Crippen LogP) is 7.52. The van der Waals surface area contributed by atoms with Crippen LogP contribution < -0.4 is 10.1 Å². The van der Waals surface area contributed by atoms with Crippen molar-refractivity contribution in [3.63, 3.8) is 0 Å². The smallest absolute Gasteiger partial charge is 0.142 e. The van der Waals surface area contributed by atoms with Crippen LogP contribution in [0.15, 0.2) is 54.6 Å². The molecule has 0 bridgehead atoms. The lowest BCUT2D eigenvalue weighted by atomic mass is 10.1. The lowest BCUT2D eigenvalue weighted by Gasteiger charge is -2.15. The zero-order chi connectivity index (χ0) is 20.8. The average Bonchev–Trinajstić information content (AvgIpc) is 2.67. The first-order valence-corrected chi connectivity index (χ1v) is 10.7. The van der Waals surface area contributed by atoms with Crippen molar-refractivity contribution in [3.05, 3.63) is 96.9 Å². The lowest BCUT2D eigenvalue weighted by Crippen LogP contribution is -2.17. The highest BCUT2D eigenvalue weighted by atomic mass is 35.5. The van der Waals surface area contributed by atoms with E-state index in [1.165, 1.54) is 5.56 Å². The van der Waals surface area contributed by atoms with E-state index in [4.69, 9.17) is 51.1 Å². The van der Waals surface area contributed by atoms with Crippen molar-refractivity contribution in [2.45, 2.75) is 26.5 Å². The zero-order valence-corrected chi connectivity index (χ0v) is 19.0. The maximum Gasteiger partial charge on any atom is 0.142 e. The summed E-state index contributed by atoms with van der Waals surface area (Å²) >= 11 is 24.8. The van der Waals surface area contributed by atoms with Crippen LogP contribution in [0.5, 0.6) is 5.75 Å². The predicted molar refractivity (Wildman–Crippen MR) is 124 cm³/mol. The van der Waals surface area contributed by atoms with Crippen LogP contribution in [-0.2, 0) is 19.6 Å². The van der Waals surface area contributed by atoms with Gasteiger partial charge in [-0.15, -0.1) is 0 Å². The summed E-state index contributed by atoms with van der Waals surface area (Å²) in [6.45, 7) is 3.81. The highest BCUT2D eigenvalue weighted by molar-refractivity contribution is 6.36. The first-order valence-electron chi connectivity index (χ1n) is 9.23. The Bertz CT molecular complexity index is 973. The first-order chi connectivity index (χ1) is 13.9. The molecule has 3 aromatic carbocycles. The first kappa shape index (κ1) is 22.3. The summed E-state index contributed by atoms with van der Waals surface area (Å²) in [6, 6.07) is 17.3. The third-order valence-electron chi connectivity index (χ3n) is 4.49. The van der Waals surface area contributed by atoms with Gasteiger partial charge in [-0.2, -0.15) is 0 Å². The van der Waals surface area contributed by atoms with Crippen LogP contribution in [0.2, 0.25) is 20.1 Å². The van der Waals surface area contributed by atoms with Gasteiger partial charge < -0.3 is 10.1 Å². The zero-order valence-electron chi connectivity index (χ0n) is 15.9. The monoisotopic (exact) mass is 467 g/mol. The fourth-order valence-electron chi connectivity index (χ4n) is 2.92. The van der Waals surface area contributed by atoms with Gasteiger partial charge in [-0.3, -0.25) is 0 Å². The Morgan fingerprint density at radius 1 is 0.793 bits per heavy atom. The second kappa shape index (κ2) is 10.6. The van der Waals surface area contributed by atoms with E-state index in [0.717, 1.165) is 29.7 Å². The maximum atomic E-state index is 6.40. The molecule has 3 aromatic rings. The van der Waals surface area contributed by atoms with Gasteiger partial charge in [0.2, 0.25) is 0 Å². The van der Waals surface area contributed by atoms with Crippen LogP contribution >= 0.6 is 46.4 Å². The maximum absolute atomic E-state index is 6.40. The van der Waals surface area contributed by atoms with E-state index in [1.54, 1.807) is 12.1 Å². The molecule has 0 aliphatic rings. The van der Waals surface area contributed by atoms with Gasteiger partial charge in [-0.25, -0.2) is 0 Å². The summed E-state index contributed by atoms with van der Waals surface area (Å²) < 4.78 is 6.03. The Hall–Kier alpha value is -1.42. The highest BCUT2D eigenvalue weighted by Gasteiger charge is 2.11. The summed E-state index contributed by atoms with van der Waals surface area (Å²) in [5, 5.41) is 5.79. The van der Waals surface area contributed by atoms with Gasteiger partial charge in [0, 0.05) is 27.2 Å². The van der Waals surface area contributed by atoms with Crippen LogP contribution in [0.4, 0.5) is 0 Å².